The summed E-state index contributed by atoms with van der Waals surface area (Å²) in [7, 11) is 0. The van der Waals surface area contributed by atoms with Crippen LogP contribution in [0.5, 0.6) is 0 Å². The van der Waals surface area contributed by atoms with Gasteiger partial charge in [0.2, 0.25) is 0 Å². The summed E-state index contributed by atoms with van der Waals surface area (Å²) >= 11 is 6.41. The molecule has 5 heteroatoms. The molecule has 2 N–H and O–H groups in total. The van der Waals surface area contributed by atoms with E-state index in [1.807, 2.05) is 0 Å². The van der Waals surface area contributed by atoms with Crippen LogP contribution >= 0.6 is 31.9 Å². The molecule has 0 saturated heterocycles. The lowest BCUT2D eigenvalue weighted by Crippen LogP contribution is -2.19. The van der Waals surface area contributed by atoms with Crippen LogP contribution in [0.4, 0.5) is 4.79 Å². The van der Waals surface area contributed by atoms with Gasteiger partial charge in [0.15, 0.2) is 0 Å². The molecule has 0 aromatic rings. The SMILES string of the molecule is NC(=O)OCC(Br)CBr. The summed E-state index contributed by atoms with van der Waals surface area (Å²) in [6.45, 7) is 0.306. The van der Waals surface area contributed by atoms with Crippen LogP contribution in [-0.2, 0) is 4.74 Å². The van der Waals surface area contributed by atoms with Gasteiger partial charge in [0.25, 0.3) is 0 Å². The van der Waals surface area contributed by atoms with Gasteiger partial charge in [0, 0.05) is 5.33 Å². The molecule has 0 aromatic carbocycles. The van der Waals surface area contributed by atoms with E-state index in [1.165, 1.54) is 0 Å². The van der Waals surface area contributed by atoms with Crippen molar-refractivity contribution in [1.82, 2.24) is 0 Å². The zero-order chi connectivity index (χ0) is 7.28. The van der Waals surface area contributed by atoms with E-state index in [4.69, 9.17) is 5.73 Å². The average Bonchev–Trinajstić information content (AvgIpc) is 1.83. The van der Waals surface area contributed by atoms with Crippen molar-refractivity contribution < 1.29 is 9.53 Å². The molecule has 0 rings (SSSR count). The predicted octanol–water partition coefficient (Wildman–Crippen LogP) is 1.24. The second-order valence-electron chi connectivity index (χ2n) is 1.38. The standard InChI is InChI=1S/C4H7Br2NO2/c5-1-3(6)2-9-4(7)8/h3H,1-2H2,(H2,7,8). The molecule has 0 spiro atoms. The van der Waals surface area contributed by atoms with Gasteiger partial charge < -0.3 is 10.5 Å². The topological polar surface area (TPSA) is 52.3 Å². The van der Waals surface area contributed by atoms with Crippen LogP contribution in [0.1, 0.15) is 0 Å². The molecular weight excluding hydrogens is 254 g/mol. The Morgan fingerprint density at radius 2 is 2.33 bits per heavy atom. The summed E-state index contributed by atoms with van der Waals surface area (Å²) in [6.07, 6.45) is -0.736. The molecule has 0 aliphatic heterocycles. The van der Waals surface area contributed by atoms with E-state index in [9.17, 15) is 4.79 Å². The minimum atomic E-state index is -0.736. The maximum Gasteiger partial charge on any atom is 0.404 e. The van der Waals surface area contributed by atoms with E-state index in [0.29, 0.717) is 6.61 Å². The van der Waals surface area contributed by atoms with Gasteiger partial charge in [0.05, 0.1) is 4.83 Å². The van der Waals surface area contributed by atoms with Gasteiger partial charge in [-0.2, -0.15) is 0 Å². The van der Waals surface area contributed by atoms with Gasteiger partial charge in [-0.3, -0.25) is 0 Å². The second kappa shape index (κ2) is 5.05. The first-order valence-corrected chi connectivity index (χ1v) is 4.32. The number of ether oxygens (including phenoxy) is 1. The molecule has 0 radical (unpaired) electrons. The molecule has 1 atom stereocenters. The average molecular weight is 261 g/mol. The highest BCUT2D eigenvalue weighted by molar-refractivity contribution is 9.12. The first-order chi connectivity index (χ1) is 4.16. The first kappa shape index (κ1) is 9.23. The molecule has 0 fully saturated rings. The Morgan fingerprint density at radius 1 is 1.78 bits per heavy atom. The fourth-order valence-electron chi connectivity index (χ4n) is 0.217. The number of carbonyl (C=O) groups excluding carboxylic acids is 1. The summed E-state index contributed by atoms with van der Waals surface area (Å²) < 4.78 is 4.46. The number of hydrogen-bond donors (Lipinski definition) is 1. The predicted molar refractivity (Wildman–Crippen MR) is 42.0 cm³/mol. The lowest BCUT2D eigenvalue weighted by atomic mass is 10.5. The van der Waals surface area contributed by atoms with Crippen molar-refractivity contribution in [1.29, 1.82) is 0 Å². The highest BCUT2D eigenvalue weighted by atomic mass is 79.9. The van der Waals surface area contributed by atoms with Crippen LogP contribution in [0.3, 0.4) is 0 Å². The summed E-state index contributed by atoms with van der Waals surface area (Å²) in [5.41, 5.74) is 4.70. The highest BCUT2D eigenvalue weighted by Crippen LogP contribution is 2.02. The fourth-order valence-corrected chi connectivity index (χ4v) is 0.536. The third-order valence-corrected chi connectivity index (χ3v) is 2.81. The molecule has 1 amide bonds. The number of carbonyl (C=O) groups is 1. The molecular formula is C4H7Br2NO2. The molecule has 0 saturated carbocycles. The largest absolute Gasteiger partial charge is 0.448 e. The second-order valence-corrected chi connectivity index (χ2v) is 3.32. The van der Waals surface area contributed by atoms with Gasteiger partial charge in [-0.25, -0.2) is 4.79 Å². The quantitative estimate of drug-likeness (QED) is 0.777. The van der Waals surface area contributed by atoms with E-state index in [-0.39, 0.29) is 4.83 Å². The van der Waals surface area contributed by atoms with Crippen LogP contribution < -0.4 is 5.73 Å². The third kappa shape index (κ3) is 6.11. The van der Waals surface area contributed by atoms with Crippen LogP contribution in [0.15, 0.2) is 0 Å². The van der Waals surface area contributed by atoms with Crippen molar-refractivity contribution in [2.75, 3.05) is 11.9 Å². The maximum atomic E-state index is 9.98. The minimum Gasteiger partial charge on any atom is -0.448 e. The van der Waals surface area contributed by atoms with Crippen LogP contribution in [0.2, 0.25) is 0 Å². The van der Waals surface area contributed by atoms with Crippen molar-refractivity contribution in [3.8, 4) is 0 Å². The van der Waals surface area contributed by atoms with Gasteiger partial charge in [0.1, 0.15) is 6.61 Å². The Hall–Kier alpha value is 0.230. The van der Waals surface area contributed by atoms with Crippen LogP contribution in [0, 0.1) is 0 Å². The molecule has 0 aliphatic rings. The Kier molecular flexibility index (Phi) is 5.18. The molecule has 1 unspecified atom stereocenters. The maximum absolute atomic E-state index is 9.98. The number of hydrogen-bond acceptors (Lipinski definition) is 2. The first-order valence-electron chi connectivity index (χ1n) is 2.29. The fraction of sp³-hybridized carbons (Fsp3) is 0.750. The number of nitrogens with two attached hydrogens (primary N) is 1. The monoisotopic (exact) mass is 259 g/mol. The molecule has 3 nitrogen and oxygen atoms in total. The van der Waals surface area contributed by atoms with E-state index in [0.717, 1.165) is 5.33 Å². The van der Waals surface area contributed by atoms with Gasteiger partial charge >= 0.3 is 6.09 Å². The van der Waals surface area contributed by atoms with Crippen LogP contribution in [-0.4, -0.2) is 22.9 Å². The highest BCUT2D eigenvalue weighted by Gasteiger charge is 2.02. The minimum absolute atomic E-state index is 0.144. The number of amides is 1. The number of primary amides is 1. The van der Waals surface area contributed by atoms with Crippen molar-refractivity contribution in [3.05, 3.63) is 0 Å². The number of alkyl halides is 2. The lowest BCUT2D eigenvalue weighted by molar-refractivity contribution is 0.159. The van der Waals surface area contributed by atoms with E-state index in [1.54, 1.807) is 0 Å². The Balaban J connectivity index is 3.16. The summed E-state index contributed by atoms with van der Waals surface area (Å²) in [5, 5.41) is 0.736. The molecule has 0 aliphatic carbocycles. The van der Waals surface area contributed by atoms with Gasteiger partial charge in [-0.1, -0.05) is 31.9 Å². The van der Waals surface area contributed by atoms with Crippen molar-refractivity contribution in [3.63, 3.8) is 0 Å². The van der Waals surface area contributed by atoms with Crippen LogP contribution in [0.25, 0.3) is 0 Å². The van der Waals surface area contributed by atoms with Gasteiger partial charge in [-0.15, -0.1) is 0 Å². The molecule has 9 heavy (non-hydrogen) atoms. The van der Waals surface area contributed by atoms with Crippen molar-refractivity contribution in [2.45, 2.75) is 4.83 Å². The summed E-state index contributed by atoms with van der Waals surface area (Å²) in [6, 6.07) is 0. The Bertz CT molecular complexity index is 98.6. The van der Waals surface area contributed by atoms with E-state index >= 15 is 0 Å². The normalized spacial score (nSPS) is 12.7. The molecule has 0 bridgehead atoms. The third-order valence-electron chi connectivity index (χ3n) is 0.574. The Labute approximate surface area is 70.2 Å². The van der Waals surface area contributed by atoms with Crippen molar-refractivity contribution >= 4 is 38.0 Å². The van der Waals surface area contributed by atoms with Gasteiger partial charge in [-0.05, 0) is 0 Å². The van der Waals surface area contributed by atoms with E-state index < -0.39 is 6.09 Å². The molecule has 54 valence electrons. The zero-order valence-electron chi connectivity index (χ0n) is 4.64. The zero-order valence-corrected chi connectivity index (χ0v) is 7.81. The van der Waals surface area contributed by atoms with E-state index in [2.05, 4.69) is 36.6 Å². The van der Waals surface area contributed by atoms with Crippen molar-refractivity contribution in [2.24, 2.45) is 5.73 Å². The summed E-state index contributed by atoms with van der Waals surface area (Å²) in [4.78, 5) is 10.1. The number of rotatable bonds is 3. The number of halogens is 2. The lowest BCUT2D eigenvalue weighted by Gasteiger charge is -2.03. The Morgan fingerprint density at radius 3 is 2.67 bits per heavy atom. The summed E-state index contributed by atoms with van der Waals surface area (Å²) in [5.74, 6) is 0. The smallest absolute Gasteiger partial charge is 0.404 e. The molecule has 0 aromatic heterocycles. The molecule has 0 heterocycles.